The zero-order valence-electron chi connectivity index (χ0n) is 15.1. The summed E-state index contributed by atoms with van der Waals surface area (Å²) in [6.07, 6.45) is 0. The SMILES string of the molecule is COc1ccc(C2COCCOC2)c2sc(NC(=O)c3ccc(C)s3)nc12. The first-order valence-corrected chi connectivity index (χ1v) is 10.3. The van der Waals surface area contributed by atoms with Crippen LogP contribution in [0.15, 0.2) is 24.3 Å². The van der Waals surface area contributed by atoms with Crippen molar-refractivity contribution < 1.29 is 19.0 Å². The lowest BCUT2D eigenvalue weighted by atomic mass is 10.0. The molecule has 0 radical (unpaired) electrons. The molecule has 0 saturated carbocycles. The highest BCUT2D eigenvalue weighted by molar-refractivity contribution is 7.22. The Morgan fingerprint density at radius 3 is 2.63 bits per heavy atom. The van der Waals surface area contributed by atoms with E-state index >= 15 is 0 Å². The molecule has 3 aromatic rings. The van der Waals surface area contributed by atoms with Gasteiger partial charge in [0.1, 0.15) is 11.3 Å². The molecule has 2 aromatic heterocycles. The molecule has 1 amide bonds. The maximum absolute atomic E-state index is 12.5. The van der Waals surface area contributed by atoms with Crippen LogP contribution in [0.1, 0.15) is 26.0 Å². The minimum absolute atomic E-state index is 0.129. The second kappa shape index (κ2) is 7.93. The Balaban J connectivity index is 1.68. The van der Waals surface area contributed by atoms with E-state index in [1.807, 2.05) is 31.2 Å². The number of aryl methyl sites for hydroxylation is 1. The van der Waals surface area contributed by atoms with Crippen molar-refractivity contribution in [3.63, 3.8) is 0 Å². The van der Waals surface area contributed by atoms with Gasteiger partial charge >= 0.3 is 0 Å². The van der Waals surface area contributed by atoms with E-state index in [9.17, 15) is 4.79 Å². The van der Waals surface area contributed by atoms with E-state index in [0.29, 0.717) is 42.2 Å². The van der Waals surface area contributed by atoms with Crippen molar-refractivity contribution in [1.82, 2.24) is 4.98 Å². The third-order valence-electron chi connectivity index (χ3n) is 4.39. The fourth-order valence-electron chi connectivity index (χ4n) is 3.05. The third kappa shape index (κ3) is 3.84. The predicted octanol–water partition coefficient (Wildman–Crippen LogP) is 4.06. The number of hydrogen-bond acceptors (Lipinski definition) is 7. The van der Waals surface area contributed by atoms with Crippen LogP contribution >= 0.6 is 22.7 Å². The molecule has 0 aliphatic carbocycles. The number of nitrogens with zero attached hydrogens (tertiary/aromatic N) is 1. The number of methoxy groups -OCH3 is 1. The molecule has 142 valence electrons. The van der Waals surface area contributed by atoms with Gasteiger partial charge in [0.2, 0.25) is 0 Å². The van der Waals surface area contributed by atoms with Crippen LogP contribution in [0.25, 0.3) is 10.2 Å². The Bertz CT molecular complexity index is 958. The highest BCUT2D eigenvalue weighted by Crippen LogP contribution is 2.38. The number of anilines is 1. The Morgan fingerprint density at radius 1 is 1.19 bits per heavy atom. The van der Waals surface area contributed by atoms with Crippen LogP contribution in [-0.2, 0) is 9.47 Å². The minimum Gasteiger partial charge on any atom is -0.494 e. The number of aromatic nitrogens is 1. The molecule has 1 aliphatic heterocycles. The molecule has 0 spiro atoms. The zero-order valence-corrected chi connectivity index (χ0v) is 16.7. The van der Waals surface area contributed by atoms with Gasteiger partial charge in [0, 0.05) is 10.8 Å². The Hall–Kier alpha value is -2.00. The number of fused-ring (bicyclic) bond motifs is 1. The fraction of sp³-hybridized carbons (Fsp3) is 0.368. The Kier molecular flexibility index (Phi) is 5.40. The summed E-state index contributed by atoms with van der Waals surface area (Å²) in [7, 11) is 1.62. The van der Waals surface area contributed by atoms with Crippen LogP contribution in [0, 0.1) is 6.92 Å². The van der Waals surface area contributed by atoms with Gasteiger partial charge in [-0.3, -0.25) is 10.1 Å². The van der Waals surface area contributed by atoms with E-state index in [0.717, 1.165) is 20.7 Å². The van der Waals surface area contributed by atoms with E-state index in [1.165, 1.54) is 22.7 Å². The third-order valence-corrected chi connectivity index (χ3v) is 6.41. The zero-order chi connectivity index (χ0) is 18.8. The number of carbonyl (C=O) groups is 1. The molecule has 3 heterocycles. The summed E-state index contributed by atoms with van der Waals surface area (Å²) in [4.78, 5) is 18.9. The second-order valence-corrected chi connectivity index (χ2v) is 8.55. The van der Waals surface area contributed by atoms with Crippen molar-refractivity contribution in [1.29, 1.82) is 0 Å². The summed E-state index contributed by atoms with van der Waals surface area (Å²) >= 11 is 2.92. The maximum atomic E-state index is 12.5. The molecule has 27 heavy (non-hydrogen) atoms. The summed E-state index contributed by atoms with van der Waals surface area (Å²) < 4.78 is 17.8. The molecule has 0 atom stereocenters. The Morgan fingerprint density at radius 2 is 1.96 bits per heavy atom. The number of thiophene rings is 1. The largest absolute Gasteiger partial charge is 0.494 e. The highest BCUT2D eigenvalue weighted by Gasteiger charge is 2.22. The van der Waals surface area contributed by atoms with Gasteiger partial charge in [-0.2, -0.15) is 0 Å². The van der Waals surface area contributed by atoms with Gasteiger partial charge in [0.15, 0.2) is 5.13 Å². The summed E-state index contributed by atoms with van der Waals surface area (Å²) in [5, 5.41) is 3.47. The van der Waals surface area contributed by atoms with E-state index in [-0.39, 0.29) is 11.8 Å². The summed E-state index contributed by atoms with van der Waals surface area (Å²) in [6, 6.07) is 7.72. The van der Waals surface area contributed by atoms with Gasteiger partial charge in [0.25, 0.3) is 5.91 Å². The molecule has 8 heteroatoms. The quantitative estimate of drug-likeness (QED) is 0.710. The second-order valence-electron chi connectivity index (χ2n) is 6.26. The summed E-state index contributed by atoms with van der Waals surface area (Å²) in [6.45, 7) is 4.41. The standard InChI is InChI=1S/C19H20N2O4S2/c1-11-3-6-15(26-11)18(22)21-19-20-16-14(23-2)5-4-13(17(16)27-19)12-9-24-7-8-25-10-12/h3-6,12H,7-10H2,1-2H3,(H,20,21,22). The van der Waals surface area contributed by atoms with Crippen molar-refractivity contribution >= 4 is 43.9 Å². The first kappa shape index (κ1) is 18.4. The van der Waals surface area contributed by atoms with E-state index in [2.05, 4.69) is 10.3 Å². The van der Waals surface area contributed by atoms with Crippen LogP contribution < -0.4 is 10.1 Å². The lowest BCUT2D eigenvalue weighted by Crippen LogP contribution is -2.10. The van der Waals surface area contributed by atoms with Crippen molar-refractivity contribution in [3.05, 3.63) is 39.6 Å². The number of nitrogens with one attached hydrogen (secondary N) is 1. The smallest absolute Gasteiger partial charge is 0.267 e. The van der Waals surface area contributed by atoms with Gasteiger partial charge in [-0.25, -0.2) is 4.98 Å². The molecule has 4 rings (SSSR count). The average molecular weight is 405 g/mol. The van der Waals surface area contributed by atoms with Crippen molar-refractivity contribution in [3.8, 4) is 5.75 Å². The number of hydrogen-bond donors (Lipinski definition) is 1. The van der Waals surface area contributed by atoms with Crippen LogP contribution in [0.4, 0.5) is 5.13 Å². The Labute approximate surface area is 165 Å². The molecule has 1 fully saturated rings. The topological polar surface area (TPSA) is 69.7 Å². The number of rotatable bonds is 4. The molecule has 1 saturated heterocycles. The molecule has 0 bridgehead atoms. The maximum Gasteiger partial charge on any atom is 0.267 e. The van der Waals surface area contributed by atoms with Crippen LogP contribution in [0.5, 0.6) is 5.75 Å². The first-order valence-electron chi connectivity index (χ1n) is 8.66. The summed E-state index contributed by atoms with van der Waals surface area (Å²) in [5.41, 5.74) is 1.86. The fourth-order valence-corrected chi connectivity index (χ4v) is 4.89. The summed E-state index contributed by atoms with van der Waals surface area (Å²) in [5.74, 6) is 0.673. The molecular formula is C19H20N2O4S2. The van der Waals surface area contributed by atoms with Crippen molar-refractivity contribution in [2.45, 2.75) is 12.8 Å². The number of ether oxygens (including phenoxy) is 3. The van der Waals surface area contributed by atoms with Gasteiger partial charge in [-0.15, -0.1) is 11.3 Å². The molecular weight excluding hydrogens is 384 g/mol. The monoisotopic (exact) mass is 404 g/mol. The van der Waals surface area contributed by atoms with E-state index in [4.69, 9.17) is 14.2 Å². The van der Waals surface area contributed by atoms with Crippen LogP contribution in [0.3, 0.4) is 0 Å². The normalized spacial score (nSPS) is 15.6. The average Bonchev–Trinajstić information content (AvgIpc) is 3.18. The lowest BCUT2D eigenvalue weighted by Gasteiger charge is -2.15. The number of thiazole rings is 1. The lowest BCUT2D eigenvalue weighted by molar-refractivity contribution is 0.103. The molecule has 1 aromatic carbocycles. The number of benzene rings is 1. The van der Waals surface area contributed by atoms with Gasteiger partial charge in [-0.05, 0) is 30.7 Å². The van der Waals surface area contributed by atoms with Gasteiger partial charge in [-0.1, -0.05) is 17.4 Å². The predicted molar refractivity (Wildman–Crippen MR) is 108 cm³/mol. The molecule has 1 N–H and O–H groups in total. The number of carbonyl (C=O) groups excluding carboxylic acids is 1. The van der Waals surface area contributed by atoms with E-state index < -0.39 is 0 Å². The van der Waals surface area contributed by atoms with Crippen LogP contribution in [-0.4, -0.2) is 44.4 Å². The number of amides is 1. The molecule has 0 unspecified atom stereocenters. The van der Waals surface area contributed by atoms with Crippen molar-refractivity contribution in [2.24, 2.45) is 0 Å². The van der Waals surface area contributed by atoms with Crippen molar-refractivity contribution in [2.75, 3.05) is 38.9 Å². The first-order chi connectivity index (χ1) is 13.2. The molecule has 1 aliphatic rings. The van der Waals surface area contributed by atoms with Gasteiger partial charge < -0.3 is 14.2 Å². The van der Waals surface area contributed by atoms with Gasteiger partial charge in [0.05, 0.1) is 43.1 Å². The van der Waals surface area contributed by atoms with E-state index in [1.54, 1.807) is 7.11 Å². The minimum atomic E-state index is -0.145. The van der Waals surface area contributed by atoms with Crippen LogP contribution in [0.2, 0.25) is 0 Å². The molecule has 6 nitrogen and oxygen atoms in total. The highest BCUT2D eigenvalue weighted by atomic mass is 32.1.